The predicted molar refractivity (Wildman–Crippen MR) is 71.9 cm³/mol. The molecule has 5 heteroatoms. The lowest BCUT2D eigenvalue weighted by Crippen LogP contribution is -2.26. The van der Waals surface area contributed by atoms with Crippen LogP contribution in [-0.4, -0.2) is 18.3 Å². The van der Waals surface area contributed by atoms with E-state index in [4.69, 9.17) is 4.74 Å². The minimum Gasteiger partial charge on any atom is -0.487 e. The van der Waals surface area contributed by atoms with E-state index in [1.807, 2.05) is 26.8 Å². The van der Waals surface area contributed by atoms with Crippen LogP contribution in [0.5, 0.6) is 5.75 Å². The van der Waals surface area contributed by atoms with Gasteiger partial charge < -0.3 is 10.1 Å². The van der Waals surface area contributed by atoms with Crippen molar-refractivity contribution >= 4 is 0 Å². The van der Waals surface area contributed by atoms with E-state index in [2.05, 4.69) is 5.32 Å². The van der Waals surface area contributed by atoms with Crippen molar-refractivity contribution in [2.24, 2.45) is 0 Å². The van der Waals surface area contributed by atoms with Crippen LogP contribution in [0, 0.1) is 0 Å². The lowest BCUT2D eigenvalue weighted by molar-refractivity contribution is -0.140. The normalized spacial score (nSPS) is 18.5. The van der Waals surface area contributed by atoms with Crippen molar-refractivity contribution < 1.29 is 17.9 Å². The Kier molecular flexibility index (Phi) is 4.00. The molecule has 0 radical (unpaired) electrons. The van der Waals surface area contributed by atoms with Crippen molar-refractivity contribution in [3.05, 3.63) is 29.3 Å². The number of hydrogen-bond acceptors (Lipinski definition) is 2. The van der Waals surface area contributed by atoms with Crippen LogP contribution < -0.4 is 10.1 Å². The third kappa shape index (κ3) is 3.66. The predicted octanol–water partition coefficient (Wildman–Crippen LogP) is 4.00. The molecule has 0 aromatic heterocycles. The molecule has 0 fully saturated rings. The second-order valence-corrected chi connectivity index (χ2v) is 5.84. The molecule has 0 bridgehead atoms. The van der Waals surface area contributed by atoms with Gasteiger partial charge in [-0.15, -0.1) is 0 Å². The summed E-state index contributed by atoms with van der Waals surface area (Å²) in [6, 6.07) is 4.64. The van der Waals surface area contributed by atoms with Gasteiger partial charge in [0.05, 0.1) is 6.42 Å². The molecule has 112 valence electrons. The molecule has 1 aliphatic rings. The maximum Gasteiger partial charge on any atom is 0.390 e. The number of fused-ring (bicyclic) bond motifs is 1. The summed E-state index contributed by atoms with van der Waals surface area (Å²) in [6.07, 6.45) is -4.31. The Morgan fingerprint density at radius 3 is 2.65 bits per heavy atom. The van der Waals surface area contributed by atoms with Crippen molar-refractivity contribution in [2.45, 2.75) is 51.4 Å². The summed E-state index contributed by atoms with van der Waals surface area (Å²) in [5.41, 5.74) is 1.38. The van der Waals surface area contributed by atoms with E-state index in [1.165, 1.54) is 0 Å². The van der Waals surface area contributed by atoms with Gasteiger partial charge >= 0.3 is 6.18 Å². The van der Waals surface area contributed by atoms with E-state index < -0.39 is 18.6 Å². The molecule has 1 atom stereocenters. The topological polar surface area (TPSA) is 21.3 Å². The van der Waals surface area contributed by atoms with Crippen LogP contribution in [0.15, 0.2) is 18.2 Å². The van der Waals surface area contributed by atoms with Crippen molar-refractivity contribution in [1.29, 1.82) is 0 Å². The first-order chi connectivity index (χ1) is 9.20. The third-order valence-electron chi connectivity index (χ3n) is 3.38. The molecule has 1 aliphatic heterocycles. The zero-order chi connectivity index (χ0) is 15.0. The van der Waals surface area contributed by atoms with Crippen LogP contribution in [0.1, 0.15) is 44.4 Å². The highest BCUT2D eigenvalue weighted by molar-refractivity contribution is 5.42. The molecule has 1 aromatic rings. The number of nitrogens with one attached hydrogen (secondary N) is 1. The smallest absolute Gasteiger partial charge is 0.390 e. The molecule has 0 aliphatic carbocycles. The number of halogens is 3. The van der Waals surface area contributed by atoms with Crippen LogP contribution in [0.4, 0.5) is 13.2 Å². The molecule has 0 amide bonds. The monoisotopic (exact) mass is 287 g/mol. The van der Waals surface area contributed by atoms with Gasteiger partial charge in [0.2, 0.25) is 0 Å². The Balaban J connectivity index is 2.23. The van der Waals surface area contributed by atoms with E-state index >= 15 is 0 Å². The van der Waals surface area contributed by atoms with Gasteiger partial charge in [0.15, 0.2) is 0 Å². The Bertz CT molecular complexity index is 482. The second kappa shape index (κ2) is 5.28. The Labute approximate surface area is 117 Å². The molecule has 1 N–H and O–H groups in total. The molecule has 1 heterocycles. The van der Waals surface area contributed by atoms with Crippen LogP contribution in [0.3, 0.4) is 0 Å². The van der Waals surface area contributed by atoms with E-state index in [0.717, 1.165) is 17.7 Å². The number of ether oxygens (including phenoxy) is 1. The fourth-order valence-corrected chi connectivity index (χ4v) is 2.63. The van der Waals surface area contributed by atoms with E-state index in [0.29, 0.717) is 12.1 Å². The van der Waals surface area contributed by atoms with E-state index in [-0.39, 0.29) is 5.60 Å². The summed E-state index contributed by atoms with van der Waals surface area (Å²) in [5.74, 6) is 0.779. The van der Waals surface area contributed by atoms with Gasteiger partial charge in [0.25, 0.3) is 0 Å². The van der Waals surface area contributed by atoms with Crippen LogP contribution in [-0.2, 0) is 6.42 Å². The molecule has 0 spiro atoms. The van der Waals surface area contributed by atoms with Crippen LogP contribution in [0.2, 0.25) is 0 Å². The molecule has 2 nitrogen and oxygen atoms in total. The largest absolute Gasteiger partial charge is 0.487 e. The standard InChI is InChI=1S/C15H20F3NO/c1-4-19-12(9-15(16,17)18)10-5-6-13-11(7-10)8-14(2,3)20-13/h5-7,12,19H,4,8-9H2,1-3H3. The van der Waals surface area contributed by atoms with Crippen molar-refractivity contribution in [2.75, 3.05) is 6.54 Å². The summed E-state index contributed by atoms with van der Waals surface area (Å²) in [7, 11) is 0. The van der Waals surface area contributed by atoms with Gasteiger partial charge in [-0.05, 0) is 37.6 Å². The van der Waals surface area contributed by atoms with Crippen LogP contribution in [0.25, 0.3) is 0 Å². The quantitative estimate of drug-likeness (QED) is 0.903. The van der Waals surface area contributed by atoms with Gasteiger partial charge in [0, 0.05) is 12.5 Å². The fraction of sp³-hybridized carbons (Fsp3) is 0.600. The number of benzene rings is 1. The lowest BCUT2D eigenvalue weighted by atomic mass is 9.96. The maximum absolute atomic E-state index is 12.6. The molecule has 1 aromatic carbocycles. The van der Waals surface area contributed by atoms with Gasteiger partial charge in [-0.1, -0.05) is 19.1 Å². The average Bonchev–Trinajstić information content (AvgIpc) is 2.59. The van der Waals surface area contributed by atoms with Gasteiger partial charge in [0.1, 0.15) is 11.4 Å². The summed E-state index contributed by atoms with van der Waals surface area (Å²) in [5, 5.41) is 2.91. The molecule has 0 saturated heterocycles. The fourth-order valence-electron chi connectivity index (χ4n) is 2.63. The molecule has 2 rings (SSSR count). The first kappa shape index (κ1) is 15.2. The molecule has 0 saturated carbocycles. The Hall–Kier alpha value is -1.23. The lowest BCUT2D eigenvalue weighted by Gasteiger charge is -2.20. The zero-order valence-electron chi connectivity index (χ0n) is 12.0. The van der Waals surface area contributed by atoms with Crippen molar-refractivity contribution in [3.63, 3.8) is 0 Å². The second-order valence-electron chi connectivity index (χ2n) is 5.84. The first-order valence-corrected chi connectivity index (χ1v) is 6.82. The number of rotatable bonds is 4. The van der Waals surface area contributed by atoms with Crippen molar-refractivity contribution in [3.8, 4) is 5.75 Å². The highest BCUT2D eigenvalue weighted by Gasteiger charge is 2.34. The minimum atomic E-state index is -4.18. The maximum atomic E-state index is 12.6. The SMILES string of the molecule is CCNC(CC(F)(F)F)c1ccc2c(c1)CC(C)(C)O2. The molecular formula is C15H20F3NO. The summed E-state index contributed by atoms with van der Waals surface area (Å²) >= 11 is 0. The van der Waals surface area contributed by atoms with E-state index in [1.54, 1.807) is 12.1 Å². The third-order valence-corrected chi connectivity index (χ3v) is 3.38. The highest BCUT2D eigenvalue weighted by atomic mass is 19.4. The summed E-state index contributed by atoms with van der Waals surface area (Å²) in [4.78, 5) is 0. The summed E-state index contributed by atoms with van der Waals surface area (Å²) in [6.45, 7) is 6.26. The van der Waals surface area contributed by atoms with Gasteiger partial charge in [-0.3, -0.25) is 0 Å². The average molecular weight is 287 g/mol. The number of alkyl halides is 3. The van der Waals surface area contributed by atoms with Crippen LogP contribution >= 0.6 is 0 Å². The first-order valence-electron chi connectivity index (χ1n) is 6.82. The molecule has 1 unspecified atom stereocenters. The van der Waals surface area contributed by atoms with Gasteiger partial charge in [-0.2, -0.15) is 13.2 Å². The minimum absolute atomic E-state index is 0.279. The van der Waals surface area contributed by atoms with Gasteiger partial charge in [-0.25, -0.2) is 0 Å². The van der Waals surface area contributed by atoms with Crippen molar-refractivity contribution in [1.82, 2.24) is 5.32 Å². The Morgan fingerprint density at radius 2 is 2.05 bits per heavy atom. The Morgan fingerprint density at radius 1 is 1.35 bits per heavy atom. The zero-order valence-corrected chi connectivity index (χ0v) is 12.0. The summed E-state index contributed by atoms with van der Waals surface area (Å²) < 4.78 is 43.7. The highest BCUT2D eigenvalue weighted by Crippen LogP contribution is 2.37. The molecular weight excluding hydrogens is 267 g/mol. The molecule has 20 heavy (non-hydrogen) atoms. The van der Waals surface area contributed by atoms with E-state index in [9.17, 15) is 13.2 Å². The number of hydrogen-bond donors (Lipinski definition) is 1.